The number of amidine groups is 1. The number of hydrogen-bond acceptors (Lipinski definition) is 9. The van der Waals surface area contributed by atoms with E-state index in [0.29, 0.717) is 12.1 Å². The van der Waals surface area contributed by atoms with Crippen molar-refractivity contribution in [1.29, 1.82) is 0 Å². The summed E-state index contributed by atoms with van der Waals surface area (Å²) in [7, 11) is -1.93. The highest BCUT2D eigenvalue weighted by Gasteiger charge is 2.43. The van der Waals surface area contributed by atoms with Crippen molar-refractivity contribution in [2.24, 2.45) is 4.99 Å². The highest BCUT2D eigenvalue weighted by molar-refractivity contribution is 7.90. The summed E-state index contributed by atoms with van der Waals surface area (Å²) in [5.41, 5.74) is 1.38. The number of sulfonamides is 1. The van der Waals surface area contributed by atoms with Crippen molar-refractivity contribution in [1.82, 2.24) is 13.9 Å². The average Bonchev–Trinajstić information content (AvgIpc) is 3.63. The van der Waals surface area contributed by atoms with Gasteiger partial charge in [0.05, 0.1) is 26.2 Å². The minimum Gasteiger partial charge on any atom is -0.464 e. The van der Waals surface area contributed by atoms with Crippen LogP contribution in [-0.4, -0.2) is 66.7 Å². The predicted octanol–water partition coefficient (Wildman–Crippen LogP) is 10.2. The smallest absolute Gasteiger partial charge is 0.359 e. The number of esters is 2. The number of hydrogen-bond donors (Lipinski definition) is 1. The molecule has 1 unspecified atom stereocenters. The first-order chi connectivity index (χ1) is 27.8. The minimum absolute atomic E-state index is 0.0113. The standard InChI is InChI=1S/C45H65N5O7S/c1-8-9-10-11-12-13-14-15-16-17-18-19-20-21-22-25-30-50-41(47-35-26-23-24-27-37(35)58(50,54)55)40(49-32-46-38(43(52)56-6)39(49)44(53)57-7)42(51)48-36-31-34(45(3,4)5)29-28-33(36)2/h23-24,26-29,31-32,40H,8-22,25,30H2,1-7H3,(H,48,51). The van der Waals surface area contributed by atoms with E-state index in [1.165, 1.54) is 81.0 Å². The van der Waals surface area contributed by atoms with Crippen LogP contribution in [0, 0.1) is 6.92 Å². The predicted molar refractivity (Wildman–Crippen MR) is 229 cm³/mol. The van der Waals surface area contributed by atoms with Gasteiger partial charge in [0.1, 0.15) is 4.90 Å². The number of aliphatic imine (C=N–C) groups is 1. The monoisotopic (exact) mass is 819 g/mol. The Bertz CT molecular complexity index is 1980. The molecule has 2 aromatic carbocycles. The van der Waals surface area contributed by atoms with Gasteiger partial charge >= 0.3 is 11.9 Å². The maximum Gasteiger partial charge on any atom is 0.359 e. The number of amides is 1. The largest absolute Gasteiger partial charge is 0.464 e. The van der Waals surface area contributed by atoms with Crippen molar-refractivity contribution < 1.29 is 32.3 Å². The van der Waals surface area contributed by atoms with Gasteiger partial charge in [-0.25, -0.2) is 28.0 Å². The number of unbranched alkanes of at least 4 members (excludes halogenated alkanes) is 15. The normalized spacial score (nSPS) is 14.1. The number of carbonyl (C=O) groups is 3. The molecule has 1 amide bonds. The second-order valence-electron chi connectivity index (χ2n) is 16.3. The van der Waals surface area contributed by atoms with Gasteiger partial charge in [-0.2, -0.15) is 0 Å². The Morgan fingerprint density at radius 2 is 1.33 bits per heavy atom. The Morgan fingerprint density at radius 3 is 1.88 bits per heavy atom. The lowest BCUT2D eigenvalue weighted by Crippen LogP contribution is -2.48. The third kappa shape index (κ3) is 12.0. The van der Waals surface area contributed by atoms with Crippen LogP contribution in [0.3, 0.4) is 0 Å². The van der Waals surface area contributed by atoms with Crippen molar-refractivity contribution >= 4 is 45.1 Å². The summed E-state index contributed by atoms with van der Waals surface area (Å²) in [6.07, 6.45) is 20.0. The molecular weight excluding hydrogens is 755 g/mol. The van der Waals surface area contributed by atoms with Crippen LogP contribution in [0.2, 0.25) is 0 Å². The minimum atomic E-state index is -4.22. The van der Waals surface area contributed by atoms with Gasteiger partial charge in [0, 0.05) is 12.2 Å². The molecule has 3 aromatic rings. The third-order valence-electron chi connectivity index (χ3n) is 10.8. The molecule has 12 nitrogen and oxygen atoms in total. The number of para-hydroxylation sites is 1. The Morgan fingerprint density at radius 1 is 0.776 bits per heavy atom. The van der Waals surface area contributed by atoms with Crippen LogP contribution >= 0.6 is 0 Å². The number of methoxy groups -OCH3 is 2. The number of anilines is 1. The number of fused-ring (bicyclic) bond motifs is 1. The van der Waals surface area contributed by atoms with Crippen LogP contribution in [0.1, 0.15) is 169 Å². The molecule has 1 aliphatic rings. The summed E-state index contributed by atoms with van der Waals surface area (Å²) in [6, 6.07) is 10.6. The van der Waals surface area contributed by atoms with E-state index in [0.717, 1.165) is 61.9 Å². The second kappa shape index (κ2) is 22.0. The number of nitrogens with zero attached hydrogens (tertiary/aromatic N) is 4. The van der Waals surface area contributed by atoms with E-state index in [2.05, 4.69) is 38.0 Å². The van der Waals surface area contributed by atoms with Crippen LogP contribution < -0.4 is 5.32 Å². The average molecular weight is 820 g/mol. The Balaban J connectivity index is 1.58. The van der Waals surface area contributed by atoms with Crippen LogP contribution in [0.4, 0.5) is 11.4 Å². The molecular formula is C45H65N5O7S. The van der Waals surface area contributed by atoms with Crippen molar-refractivity contribution in [3.63, 3.8) is 0 Å². The quantitative estimate of drug-likeness (QED) is 0.0734. The van der Waals surface area contributed by atoms with Gasteiger partial charge in [0.25, 0.3) is 15.9 Å². The highest BCUT2D eigenvalue weighted by Crippen LogP contribution is 2.37. The summed E-state index contributed by atoms with van der Waals surface area (Å²) in [5.74, 6) is -2.73. The first kappa shape index (κ1) is 46.2. The summed E-state index contributed by atoms with van der Waals surface area (Å²) in [6.45, 7) is 10.3. The highest BCUT2D eigenvalue weighted by atomic mass is 32.2. The summed E-state index contributed by atoms with van der Waals surface area (Å²) in [5, 5.41) is 2.99. The van der Waals surface area contributed by atoms with Gasteiger partial charge in [-0.1, -0.05) is 148 Å². The molecule has 0 aliphatic carbocycles. The Labute approximate surface area is 346 Å². The Hall–Kier alpha value is -4.52. The molecule has 1 aromatic heterocycles. The zero-order chi connectivity index (χ0) is 42.3. The van der Waals surface area contributed by atoms with Crippen molar-refractivity contribution in [3.05, 3.63) is 71.3 Å². The van der Waals surface area contributed by atoms with E-state index in [-0.39, 0.29) is 39.8 Å². The summed E-state index contributed by atoms with van der Waals surface area (Å²) in [4.78, 5) is 50.0. The van der Waals surface area contributed by atoms with Crippen molar-refractivity contribution in [2.75, 3.05) is 26.1 Å². The maximum atomic E-state index is 14.8. The fraction of sp³-hybridized carbons (Fsp3) is 0.578. The van der Waals surface area contributed by atoms with Crippen LogP contribution in [0.15, 0.2) is 58.7 Å². The van der Waals surface area contributed by atoms with Gasteiger partial charge in [0.15, 0.2) is 23.3 Å². The maximum absolute atomic E-state index is 14.8. The lowest BCUT2D eigenvalue weighted by atomic mass is 9.86. The van der Waals surface area contributed by atoms with E-state index in [9.17, 15) is 22.8 Å². The Kier molecular flexibility index (Phi) is 17.5. The first-order valence-electron chi connectivity index (χ1n) is 21.1. The van der Waals surface area contributed by atoms with Crippen LogP contribution in [0.25, 0.3) is 0 Å². The fourth-order valence-corrected chi connectivity index (χ4v) is 8.94. The molecule has 0 spiro atoms. The first-order valence-corrected chi connectivity index (χ1v) is 22.6. The lowest BCUT2D eigenvalue weighted by molar-refractivity contribution is -0.117. The molecule has 58 heavy (non-hydrogen) atoms. The molecule has 2 heterocycles. The number of ether oxygens (including phenoxy) is 2. The SMILES string of the molecule is CCCCCCCCCCCCCCCCCCN1C(C(C(=O)Nc2cc(C(C)(C)C)ccc2C)n2cnc(C(=O)OC)c2C(=O)OC)=Nc2ccccc2S1(=O)=O. The van der Waals surface area contributed by atoms with Crippen molar-refractivity contribution in [2.45, 2.75) is 154 Å². The number of aromatic nitrogens is 2. The molecule has 0 radical (unpaired) electrons. The van der Waals surface area contributed by atoms with Crippen molar-refractivity contribution in [3.8, 4) is 0 Å². The van der Waals surface area contributed by atoms with E-state index in [4.69, 9.17) is 14.5 Å². The summed E-state index contributed by atoms with van der Waals surface area (Å²) >= 11 is 0. The second-order valence-corrected chi connectivity index (χ2v) is 18.2. The topological polar surface area (TPSA) is 149 Å². The number of carbonyl (C=O) groups excluding carboxylic acids is 3. The van der Waals surface area contributed by atoms with Crippen LogP contribution in [-0.2, 0) is 29.7 Å². The molecule has 0 fully saturated rings. The number of aryl methyl sites for hydroxylation is 1. The lowest BCUT2D eigenvalue weighted by Gasteiger charge is -2.34. The zero-order valence-corrected chi connectivity index (χ0v) is 36.6. The van der Waals surface area contributed by atoms with Gasteiger partial charge < -0.3 is 19.4 Å². The molecule has 0 bridgehead atoms. The van der Waals surface area contributed by atoms with E-state index in [1.54, 1.807) is 18.2 Å². The molecule has 1 aliphatic heterocycles. The van der Waals surface area contributed by atoms with Gasteiger partial charge in [0.2, 0.25) is 0 Å². The zero-order valence-electron chi connectivity index (χ0n) is 35.8. The fourth-order valence-electron chi connectivity index (χ4n) is 7.32. The summed E-state index contributed by atoms with van der Waals surface area (Å²) < 4.78 is 41.3. The number of benzene rings is 2. The van der Waals surface area contributed by atoms with Gasteiger partial charge in [-0.3, -0.25) is 9.10 Å². The van der Waals surface area contributed by atoms with Crippen LogP contribution in [0.5, 0.6) is 0 Å². The number of nitrogens with one attached hydrogen (secondary N) is 1. The molecule has 1 atom stereocenters. The molecule has 1 N–H and O–H groups in total. The van der Waals surface area contributed by atoms with E-state index >= 15 is 0 Å². The number of rotatable bonds is 23. The third-order valence-corrected chi connectivity index (χ3v) is 12.7. The van der Waals surface area contributed by atoms with E-state index < -0.39 is 33.9 Å². The van der Waals surface area contributed by atoms with Gasteiger partial charge in [-0.05, 0) is 48.1 Å². The molecule has 0 saturated carbocycles. The molecule has 13 heteroatoms. The van der Waals surface area contributed by atoms with E-state index in [1.807, 2.05) is 25.1 Å². The molecule has 318 valence electrons. The molecule has 0 saturated heterocycles. The molecule has 4 rings (SSSR count). The van der Waals surface area contributed by atoms with Gasteiger partial charge in [-0.15, -0.1) is 0 Å². The number of imidazole rings is 1.